The Morgan fingerprint density at radius 1 is 0.913 bits per heavy atom. The van der Waals surface area contributed by atoms with E-state index in [4.69, 9.17) is 15.9 Å². The molecule has 0 aliphatic carbocycles. The molecule has 0 saturated carbocycles. The summed E-state index contributed by atoms with van der Waals surface area (Å²) in [5.41, 5.74) is 12.0. The van der Waals surface area contributed by atoms with Crippen molar-refractivity contribution in [2.75, 3.05) is 5.73 Å². The van der Waals surface area contributed by atoms with Crippen molar-refractivity contribution in [1.82, 2.24) is 0 Å². The molecule has 0 amide bonds. The molecule has 122 valence electrons. The van der Waals surface area contributed by atoms with Crippen molar-refractivity contribution in [2.45, 2.75) is 26.7 Å². The van der Waals surface area contributed by atoms with Gasteiger partial charge in [-0.3, -0.25) is 9.59 Å². The third-order valence-electron chi connectivity index (χ3n) is 3.48. The summed E-state index contributed by atoms with van der Waals surface area (Å²) in [5, 5.41) is 15.4. The minimum Gasteiger partial charge on any atom is -0.481 e. The van der Waals surface area contributed by atoms with E-state index in [-0.39, 0.29) is 0 Å². The maximum Gasteiger partial charge on any atom is 0.314 e. The average molecular weight is 315 g/mol. The van der Waals surface area contributed by atoms with Gasteiger partial charge in [-0.15, -0.1) is 0 Å². The summed E-state index contributed by atoms with van der Waals surface area (Å²) >= 11 is 0. The standard InChI is InChI=1S/C15H17N.C3H4O4/c1-11-12(2)15(16)9-8-14(11)10-13-6-4-3-5-7-13;4-2(5)1-3(6)7/h3-9H,10,16H2,1-2H3;1H2,(H,4,5)(H,6,7). The Morgan fingerprint density at radius 3 is 1.96 bits per heavy atom. The Bertz CT molecular complexity index is 669. The van der Waals surface area contributed by atoms with E-state index in [0.29, 0.717) is 0 Å². The summed E-state index contributed by atoms with van der Waals surface area (Å²) in [7, 11) is 0. The first-order chi connectivity index (χ1) is 10.8. The molecule has 0 spiro atoms. The monoisotopic (exact) mass is 315 g/mol. The smallest absolute Gasteiger partial charge is 0.314 e. The predicted molar refractivity (Wildman–Crippen MR) is 89.5 cm³/mol. The predicted octanol–water partition coefficient (Wildman–Crippen LogP) is 3.02. The number of carboxylic acids is 2. The molecule has 0 aliphatic heterocycles. The van der Waals surface area contributed by atoms with Crippen molar-refractivity contribution >= 4 is 17.6 Å². The first kappa shape index (κ1) is 18.2. The van der Waals surface area contributed by atoms with Crippen LogP contribution in [0.3, 0.4) is 0 Å². The molecule has 2 rings (SSSR count). The number of carboxylic acid groups (broad SMARTS) is 2. The lowest BCUT2D eigenvalue weighted by Crippen LogP contribution is -2.03. The highest BCUT2D eigenvalue weighted by Gasteiger charge is 2.04. The zero-order valence-corrected chi connectivity index (χ0v) is 13.2. The maximum atomic E-state index is 9.43. The normalized spacial score (nSPS) is 9.65. The summed E-state index contributed by atoms with van der Waals surface area (Å²) < 4.78 is 0. The van der Waals surface area contributed by atoms with Crippen LogP contribution in [0.15, 0.2) is 42.5 Å². The van der Waals surface area contributed by atoms with Gasteiger partial charge >= 0.3 is 11.9 Å². The van der Waals surface area contributed by atoms with Crippen LogP contribution in [0.5, 0.6) is 0 Å². The summed E-state index contributed by atoms with van der Waals surface area (Å²) in [6, 6.07) is 14.6. The summed E-state index contributed by atoms with van der Waals surface area (Å²) in [5.74, 6) is -2.62. The van der Waals surface area contributed by atoms with Gasteiger partial charge in [0.2, 0.25) is 0 Å². The van der Waals surface area contributed by atoms with Gasteiger partial charge < -0.3 is 15.9 Å². The van der Waals surface area contributed by atoms with Crippen LogP contribution in [0.4, 0.5) is 5.69 Å². The Balaban J connectivity index is 0.000000322. The van der Waals surface area contributed by atoms with Crippen molar-refractivity contribution in [1.29, 1.82) is 0 Å². The minimum atomic E-state index is -1.31. The van der Waals surface area contributed by atoms with Crippen molar-refractivity contribution in [3.8, 4) is 0 Å². The lowest BCUT2D eigenvalue weighted by Gasteiger charge is -2.11. The van der Waals surface area contributed by atoms with E-state index in [1.165, 1.54) is 22.3 Å². The first-order valence-corrected chi connectivity index (χ1v) is 7.13. The molecule has 5 nitrogen and oxygen atoms in total. The molecule has 23 heavy (non-hydrogen) atoms. The number of nitrogen functional groups attached to an aromatic ring is 1. The highest BCUT2D eigenvalue weighted by molar-refractivity contribution is 5.88. The molecule has 0 atom stereocenters. The lowest BCUT2D eigenvalue weighted by atomic mass is 9.96. The lowest BCUT2D eigenvalue weighted by molar-refractivity contribution is -0.147. The van der Waals surface area contributed by atoms with Crippen LogP contribution < -0.4 is 5.73 Å². The fourth-order valence-electron chi connectivity index (χ4n) is 2.03. The molecule has 0 heterocycles. The number of carbonyl (C=O) groups is 2. The molecule has 2 aromatic rings. The Kier molecular flexibility index (Phi) is 6.80. The fraction of sp³-hybridized carbons (Fsp3) is 0.222. The molecule has 5 heteroatoms. The SMILES string of the molecule is Cc1c(N)ccc(Cc2ccccc2)c1C.O=C(O)CC(=O)O. The van der Waals surface area contributed by atoms with Gasteiger partial charge in [-0.05, 0) is 48.6 Å². The Hall–Kier alpha value is -2.82. The summed E-state index contributed by atoms with van der Waals surface area (Å²) in [6.45, 7) is 4.23. The highest BCUT2D eigenvalue weighted by atomic mass is 16.4. The van der Waals surface area contributed by atoms with Crippen molar-refractivity contribution in [3.63, 3.8) is 0 Å². The molecule has 0 saturated heterocycles. The van der Waals surface area contributed by atoms with Gasteiger partial charge in [0, 0.05) is 5.69 Å². The second kappa shape index (κ2) is 8.58. The van der Waals surface area contributed by atoms with Crippen LogP contribution in [0.25, 0.3) is 0 Å². The number of hydrogen-bond acceptors (Lipinski definition) is 3. The van der Waals surface area contributed by atoms with Gasteiger partial charge in [0.25, 0.3) is 0 Å². The second-order valence-corrected chi connectivity index (χ2v) is 5.19. The number of nitrogens with two attached hydrogens (primary N) is 1. The van der Waals surface area contributed by atoms with Crippen LogP contribution in [0.2, 0.25) is 0 Å². The molecule has 0 aromatic heterocycles. The fourth-order valence-corrected chi connectivity index (χ4v) is 2.03. The molecular weight excluding hydrogens is 294 g/mol. The van der Waals surface area contributed by atoms with Crippen LogP contribution in [-0.2, 0) is 16.0 Å². The minimum absolute atomic E-state index is 0.806. The van der Waals surface area contributed by atoms with Crippen molar-refractivity contribution in [3.05, 3.63) is 64.7 Å². The summed E-state index contributed by atoms with van der Waals surface area (Å²) in [4.78, 5) is 18.9. The van der Waals surface area contributed by atoms with Gasteiger partial charge in [-0.1, -0.05) is 36.4 Å². The molecule has 0 radical (unpaired) electrons. The van der Waals surface area contributed by atoms with Gasteiger partial charge in [0.15, 0.2) is 0 Å². The topological polar surface area (TPSA) is 101 Å². The third-order valence-corrected chi connectivity index (χ3v) is 3.48. The van der Waals surface area contributed by atoms with Gasteiger partial charge in [0.1, 0.15) is 6.42 Å². The number of rotatable bonds is 4. The molecule has 0 aliphatic rings. The largest absolute Gasteiger partial charge is 0.481 e. The molecule has 0 unspecified atom stereocenters. The van der Waals surface area contributed by atoms with Gasteiger partial charge in [-0.2, -0.15) is 0 Å². The van der Waals surface area contributed by atoms with E-state index >= 15 is 0 Å². The highest BCUT2D eigenvalue weighted by Crippen LogP contribution is 2.21. The van der Waals surface area contributed by atoms with E-state index in [0.717, 1.165) is 12.1 Å². The zero-order chi connectivity index (χ0) is 17.4. The Labute approximate surface area is 135 Å². The van der Waals surface area contributed by atoms with Crippen LogP contribution in [0, 0.1) is 13.8 Å². The third kappa shape index (κ3) is 6.22. The molecule has 4 N–H and O–H groups in total. The van der Waals surface area contributed by atoms with E-state index in [9.17, 15) is 9.59 Å². The summed E-state index contributed by atoms with van der Waals surface area (Å²) in [6.07, 6.45) is 0.174. The first-order valence-electron chi connectivity index (χ1n) is 7.13. The maximum absolute atomic E-state index is 9.43. The Morgan fingerprint density at radius 2 is 1.48 bits per heavy atom. The van der Waals surface area contributed by atoms with E-state index in [2.05, 4.69) is 44.2 Å². The quantitative estimate of drug-likeness (QED) is 0.595. The number of benzene rings is 2. The zero-order valence-electron chi connectivity index (χ0n) is 13.2. The number of aliphatic carboxylic acids is 2. The number of hydrogen-bond donors (Lipinski definition) is 3. The van der Waals surface area contributed by atoms with Crippen molar-refractivity contribution in [2.24, 2.45) is 0 Å². The van der Waals surface area contributed by atoms with Gasteiger partial charge in [0.05, 0.1) is 0 Å². The molecule has 2 aromatic carbocycles. The van der Waals surface area contributed by atoms with Crippen LogP contribution in [-0.4, -0.2) is 22.2 Å². The van der Waals surface area contributed by atoms with Crippen LogP contribution in [0.1, 0.15) is 28.7 Å². The second-order valence-electron chi connectivity index (χ2n) is 5.19. The molecule has 0 bridgehead atoms. The molecule has 0 fully saturated rings. The molecular formula is C18H21NO4. The average Bonchev–Trinajstić information content (AvgIpc) is 2.48. The van der Waals surface area contributed by atoms with Crippen LogP contribution >= 0.6 is 0 Å². The van der Waals surface area contributed by atoms with Gasteiger partial charge in [-0.25, -0.2) is 0 Å². The van der Waals surface area contributed by atoms with E-state index in [1.54, 1.807) is 0 Å². The van der Waals surface area contributed by atoms with Crippen molar-refractivity contribution < 1.29 is 19.8 Å². The van der Waals surface area contributed by atoms with E-state index in [1.807, 2.05) is 12.1 Å². The number of anilines is 1. The van der Waals surface area contributed by atoms with E-state index < -0.39 is 18.4 Å².